The van der Waals surface area contributed by atoms with Gasteiger partial charge in [0.2, 0.25) is 15.9 Å². The van der Waals surface area contributed by atoms with E-state index in [2.05, 4.69) is 17.4 Å². The van der Waals surface area contributed by atoms with Crippen molar-refractivity contribution in [3.8, 4) is 0 Å². The minimum Gasteiger partial charge on any atom is -0.354 e. The van der Waals surface area contributed by atoms with E-state index in [0.29, 0.717) is 17.1 Å². The smallest absolute Gasteiger partial charge is 0.232 e. The largest absolute Gasteiger partial charge is 0.354 e. The van der Waals surface area contributed by atoms with Crippen LogP contribution in [0.25, 0.3) is 0 Å². The van der Waals surface area contributed by atoms with Crippen molar-refractivity contribution in [2.45, 2.75) is 38.6 Å². The van der Waals surface area contributed by atoms with Crippen LogP contribution in [0.15, 0.2) is 54.6 Å². The zero-order valence-corrected chi connectivity index (χ0v) is 17.8. The number of hydrogen-bond donors (Lipinski definition) is 1. The Kier molecular flexibility index (Phi) is 8.33. The summed E-state index contributed by atoms with van der Waals surface area (Å²) < 4.78 is 25.5. The Morgan fingerprint density at radius 2 is 1.75 bits per heavy atom. The van der Waals surface area contributed by atoms with E-state index >= 15 is 0 Å². The molecule has 0 fully saturated rings. The number of carbonyl (C=O) groups excluding carboxylic acids is 1. The number of carbonyl (C=O) groups is 1. The number of benzene rings is 2. The molecule has 1 N–H and O–H groups in total. The van der Waals surface area contributed by atoms with Crippen LogP contribution in [-0.4, -0.2) is 33.2 Å². The van der Waals surface area contributed by atoms with Crippen LogP contribution in [-0.2, 0) is 21.2 Å². The number of anilines is 1. The summed E-state index contributed by atoms with van der Waals surface area (Å²) in [5.74, 6) is -0.0647. The average molecular weight is 423 g/mol. The van der Waals surface area contributed by atoms with Crippen LogP contribution in [0.4, 0.5) is 5.69 Å². The SMILES string of the molecule is C[C@H](CCc1ccccc1)NC(=O)CCCN(c1ccc(Cl)cc1)S(C)(=O)=O. The van der Waals surface area contributed by atoms with E-state index < -0.39 is 10.0 Å². The summed E-state index contributed by atoms with van der Waals surface area (Å²) in [5.41, 5.74) is 1.79. The Bertz CT molecular complexity index is 855. The van der Waals surface area contributed by atoms with E-state index in [-0.39, 0.29) is 24.9 Å². The molecule has 2 rings (SSSR count). The Hall–Kier alpha value is -2.05. The number of nitrogens with zero attached hydrogens (tertiary/aromatic N) is 1. The first kappa shape index (κ1) is 22.2. The fraction of sp³-hybridized carbons (Fsp3) is 0.381. The highest BCUT2D eigenvalue weighted by Gasteiger charge is 2.17. The summed E-state index contributed by atoms with van der Waals surface area (Å²) >= 11 is 5.87. The molecule has 0 aliphatic carbocycles. The van der Waals surface area contributed by atoms with Crippen molar-refractivity contribution >= 4 is 33.2 Å². The highest BCUT2D eigenvalue weighted by molar-refractivity contribution is 7.92. The molecule has 0 aliphatic heterocycles. The summed E-state index contributed by atoms with van der Waals surface area (Å²) in [6, 6.07) is 16.8. The van der Waals surface area contributed by atoms with Crippen molar-refractivity contribution in [3.05, 3.63) is 65.2 Å². The molecule has 0 saturated carbocycles. The van der Waals surface area contributed by atoms with Crippen molar-refractivity contribution < 1.29 is 13.2 Å². The van der Waals surface area contributed by atoms with Gasteiger partial charge in [0.15, 0.2) is 0 Å². The molecular formula is C21H27ClN2O3S. The first-order valence-electron chi connectivity index (χ1n) is 9.32. The molecular weight excluding hydrogens is 396 g/mol. The monoisotopic (exact) mass is 422 g/mol. The Balaban J connectivity index is 1.79. The fourth-order valence-electron chi connectivity index (χ4n) is 2.92. The van der Waals surface area contributed by atoms with Crippen molar-refractivity contribution in [1.29, 1.82) is 0 Å². The molecule has 152 valence electrons. The van der Waals surface area contributed by atoms with Crippen LogP contribution in [0.2, 0.25) is 5.02 Å². The number of rotatable bonds is 10. The molecule has 0 bridgehead atoms. The van der Waals surface area contributed by atoms with E-state index in [1.807, 2.05) is 25.1 Å². The maximum Gasteiger partial charge on any atom is 0.232 e. The predicted molar refractivity (Wildman–Crippen MR) is 115 cm³/mol. The van der Waals surface area contributed by atoms with Gasteiger partial charge in [-0.25, -0.2) is 8.42 Å². The molecule has 1 atom stereocenters. The lowest BCUT2D eigenvalue weighted by molar-refractivity contribution is -0.121. The summed E-state index contributed by atoms with van der Waals surface area (Å²) in [6.07, 6.45) is 3.63. The highest BCUT2D eigenvalue weighted by atomic mass is 35.5. The summed E-state index contributed by atoms with van der Waals surface area (Å²) in [4.78, 5) is 12.2. The van der Waals surface area contributed by atoms with Crippen LogP contribution in [0.1, 0.15) is 31.7 Å². The lowest BCUT2D eigenvalue weighted by atomic mass is 10.1. The van der Waals surface area contributed by atoms with E-state index in [1.54, 1.807) is 24.3 Å². The first-order valence-corrected chi connectivity index (χ1v) is 11.5. The van der Waals surface area contributed by atoms with Crippen LogP contribution >= 0.6 is 11.6 Å². The van der Waals surface area contributed by atoms with Gasteiger partial charge in [-0.05, 0) is 56.0 Å². The fourth-order valence-corrected chi connectivity index (χ4v) is 4.02. The number of amides is 1. The highest BCUT2D eigenvalue weighted by Crippen LogP contribution is 2.21. The Morgan fingerprint density at radius 1 is 1.11 bits per heavy atom. The average Bonchev–Trinajstić information content (AvgIpc) is 2.64. The van der Waals surface area contributed by atoms with E-state index in [1.165, 1.54) is 9.87 Å². The number of aryl methyl sites for hydroxylation is 1. The third kappa shape index (κ3) is 7.52. The molecule has 5 nitrogen and oxygen atoms in total. The van der Waals surface area contributed by atoms with Crippen LogP contribution in [0.5, 0.6) is 0 Å². The molecule has 1 amide bonds. The molecule has 0 unspecified atom stereocenters. The van der Waals surface area contributed by atoms with Gasteiger partial charge in [-0.1, -0.05) is 41.9 Å². The predicted octanol–water partition coefficient (Wildman–Crippen LogP) is 4.02. The molecule has 7 heteroatoms. The van der Waals surface area contributed by atoms with E-state index in [9.17, 15) is 13.2 Å². The lowest BCUT2D eigenvalue weighted by Crippen LogP contribution is -2.34. The molecule has 0 aromatic heterocycles. The van der Waals surface area contributed by atoms with Gasteiger partial charge < -0.3 is 5.32 Å². The first-order chi connectivity index (χ1) is 13.3. The van der Waals surface area contributed by atoms with Crippen molar-refractivity contribution in [2.24, 2.45) is 0 Å². The molecule has 0 heterocycles. The van der Waals surface area contributed by atoms with Gasteiger partial charge in [-0.2, -0.15) is 0 Å². The number of halogens is 1. The second-order valence-electron chi connectivity index (χ2n) is 6.91. The van der Waals surface area contributed by atoms with Gasteiger partial charge in [0, 0.05) is 24.0 Å². The number of nitrogens with one attached hydrogen (secondary N) is 1. The zero-order chi connectivity index (χ0) is 20.6. The van der Waals surface area contributed by atoms with Crippen LogP contribution < -0.4 is 9.62 Å². The molecule has 2 aromatic carbocycles. The third-order valence-electron chi connectivity index (χ3n) is 4.40. The third-order valence-corrected chi connectivity index (χ3v) is 5.84. The van der Waals surface area contributed by atoms with E-state index in [4.69, 9.17) is 11.6 Å². The topological polar surface area (TPSA) is 66.5 Å². The quantitative estimate of drug-likeness (QED) is 0.628. The molecule has 2 aromatic rings. The second kappa shape index (κ2) is 10.5. The van der Waals surface area contributed by atoms with Gasteiger partial charge in [0.25, 0.3) is 0 Å². The minimum absolute atomic E-state index is 0.0647. The maximum absolute atomic E-state index is 12.2. The van der Waals surface area contributed by atoms with Crippen LogP contribution in [0.3, 0.4) is 0 Å². The Morgan fingerprint density at radius 3 is 2.36 bits per heavy atom. The van der Waals surface area contributed by atoms with Gasteiger partial charge in [-0.15, -0.1) is 0 Å². The maximum atomic E-state index is 12.2. The van der Waals surface area contributed by atoms with Gasteiger partial charge in [0.1, 0.15) is 0 Å². The number of sulfonamides is 1. The summed E-state index contributed by atoms with van der Waals surface area (Å²) in [7, 11) is -3.43. The standard InChI is InChI=1S/C21H27ClN2O3S/c1-17(10-11-18-7-4-3-5-8-18)23-21(25)9-6-16-24(28(2,26)27)20-14-12-19(22)13-15-20/h3-5,7-8,12-15,17H,6,9-11,16H2,1-2H3,(H,23,25)/t17-/m1/s1. The summed E-state index contributed by atoms with van der Waals surface area (Å²) in [6.45, 7) is 2.23. The molecule has 0 aliphatic rings. The molecule has 0 radical (unpaired) electrons. The van der Waals surface area contributed by atoms with Gasteiger partial charge in [0.05, 0.1) is 11.9 Å². The van der Waals surface area contributed by atoms with Crippen molar-refractivity contribution in [2.75, 3.05) is 17.1 Å². The van der Waals surface area contributed by atoms with Gasteiger partial charge in [-0.3, -0.25) is 9.10 Å². The Labute approximate surface area is 172 Å². The normalized spacial score (nSPS) is 12.4. The summed E-state index contributed by atoms with van der Waals surface area (Å²) in [5, 5.41) is 3.53. The lowest BCUT2D eigenvalue weighted by Gasteiger charge is -2.22. The molecule has 0 saturated heterocycles. The zero-order valence-electron chi connectivity index (χ0n) is 16.3. The van der Waals surface area contributed by atoms with Crippen molar-refractivity contribution in [1.82, 2.24) is 5.32 Å². The van der Waals surface area contributed by atoms with E-state index in [0.717, 1.165) is 19.1 Å². The van der Waals surface area contributed by atoms with Gasteiger partial charge >= 0.3 is 0 Å². The molecule has 28 heavy (non-hydrogen) atoms. The number of hydrogen-bond acceptors (Lipinski definition) is 3. The minimum atomic E-state index is -3.43. The second-order valence-corrected chi connectivity index (χ2v) is 9.25. The molecule has 0 spiro atoms. The van der Waals surface area contributed by atoms with Crippen LogP contribution in [0, 0.1) is 0 Å². The van der Waals surface area contributed by atoms with Crippen molar-refractivity contribution in [3.63, 3.8) is 0 Å².